The number of aryl methyl sites for hydroxylation is 2. The van der Waals surface area contributed by atoms with Crippen LogP contribution in [0.5, 0.6) is 0 Å². The molecule has 8 heteroatoms. The van der Waals surface area contributed by atoms with Crippen molar-refractivity contribution in [1.82, 2.24) is 14.6 Å². The first kappa shape index (κ1) is 32.0. The summed E-state index contributed by atoms with van der Waals surface area (Å²) in [6.07, 6.45) is 7.22. The van der Waals surface area contributed by atoms with Gasteiger partial charge in [-0.05, 0) is 81.5 Å². The molecule has 2 aromatic heterocycles. The average Bonchev–Trinajstić information content (AvgIpc) is 3.46. The van der Waals surface area contributed by atoms with Crippen LogP contribution in [0.3, 0.4) is 0 Å². The van der Waals surface area contributed by atoms with Crippen LogP contribution in [0.15, 0.2) is 66.7 Å². The summed E-state index contributed by atoms with van der Waals surface area (Å²) >= 11 is 0. The van der Waals surface area contributed by atoms with E-state index in [-0.39, 0.29) is 5.41 Å². The monoisotopic (exact) mass is 622 g/mol. The molecule has 0 radical (unpaired) electrons. The molecule has 0 N–H and O–H groups in total. The van der Waals surface area contributed by atoms with E-state index in [2.05, 4.69) is 72.5 Å². The highest BCUT2D eigenvalue weighted by atomic mass is 16.6. The molecule has 3 aliphatic rings. The van der Waals surface area contributed by atoms with Crippen LogP contribution in [0, 0.1) is 12.3 Å². The smallest absolute Gasteiger partial charge is 0.339 e. The summed E-state index contributed by atoms with van der Waals surface area (Å²) in [7, 11) is 1.40. The van der Waals surface area contributed by atoms with E-state index in [0.717, 1.165) is 72.8 Å². The Morgan fingerprint density at radius 1 is 1.02 bits per heavy atom. The Kier molecular flexibility index (Phi) is 9.03. The quantitative estimate of drug-likeness (QED) is 0.173. The number of anilines is 1. The highest BCUT2D eigenvalue weighted by Gasteiger charge is 2.38. The number of benzene rings is 2. The molecule has 4 aromatic rings. The van der Waals surface area contributed by atoms with Crippen molar-refractivity contribution >= 4 is 17.4 Å². The van der Waals surface area contributed by atoms with Crippen LogP contribution < -0.4 is 4.90 Å². The number of piperidine rings is 1. The molecule has 1 fully saturated rings. The molecule has 0 unspecified atom stereocenters. The molecule has 0 saturated carbocycles. The minimum absolute atomic E-state index is 0.0465. The second-order valence-corrected chi connectivity index (χ2v) is 13.9. The van der Waals surface area contributed by atoms with Crippen LogP contribution >= 0.6 is 0 Å². The Balaban J connectivity index is 1.54. The predicted molar refractivity (Wildman–Crippen MR) is 182 cm³/mol. The summed E-state index contributed by atoms with van der Waals surface area (Å²) in [5.41, 5.74) is 7.10. The van der Waals surface area contributed by atoms with Crippen molar-refractivity contribution in [3.8, 4) is 22.4 Å². The third kappa shape index (κ3) is 6.74. The van der Waals surface area contributed by atoms with Crippen LogP contribution in [0.1, 0.15) is 69.9 Å². The second kappa shape index (κ2) is 13.0. The number of aromatic nitrogens is 3. The molecule has 2 aromatic carbocycles. The van der Waals surface area contributed by atoms with E-state index < -0.39 is 17.7 Å². The van der Waals surface area contributed by atoms with Crippen molar-refractivity contribution in [3.63, 3.8) is 0 Å². The Morgan fingerprint density at radius 3 is 2.54 bits per heavy atom. The highest BCUT2D eigenvalue weighted by Crippen LogP contribution is 2.40. The molecule has 7 rings (SSSR count). The lowest BCUT2D eigenvalue weighted by Crippen LogP contribution is -2.43. The maximum Gasteiger partial charge on any atom is 0.339 e. The minimum Gasteiger partial charge on any atom is -0.467 e. The van der Waals surface area contributed by atoms with Gasteiger partial charge in [-0.2, -0.15) is 9.61 Å². The van der Waals surface area contributed by atoms with Crippen molar-refractivity contribution in [2.45, 2.75) is 72.0 Å². The van der Waals surface area contributed by atoms with Gasteiger partial charge in [0.1, 0.15) is 5.82 Å². The lowest BCUT2D eigenvalue weighted by molar-refractivity contribution is -0.164. The topological polar surface area (TPSA) is 78.2 Å². The van der Waals surface area contributed by atoms with Gasteiger partial charge in [-0.25, -0.2) is 9.78 Å². The molecule has 0 amide bonds. The number of fused-ring (bicyclic) bond motifs is 7. The zero-order chi connectivity index (χ0) is 32.5. The van der Waals surface area contributed by atoms with E-state index in [4.69, 9.17) is 24.3 Å². The molecule has 1 saturated heterocycles. The lowest BCUT2D eigenvalue weighted by Gasteiger charge is -2.41. The van der Waals surface area contributed by atoms with Gasteiger partial charge in [0.2, 0.25) is 0 Å². The van der Waals surface area contributed by atoms with Gasteiger partial charge in [-0.1, -0.05) is 61.5 Å². The zero-order valence-corrected chi connectivity index (χ0v) is 28.0. The summed E-state index contributed by atoms with van der Waals surface area (Å²) in [5, 5.41) is 5.18. The third-order valence-electron chi connectivity index (χ3n) is 9.12. The Morgan fingerprint density at radius 2 is 1.78 bits per heavy atom. The Labute approximate surface area is 272 Å². The number of hydrogen-bond donors (Lipinski definition) is 0. The number of esters is 1. The van der Waals surface area contributed by atoms with Gasteiger partial charge < -0.3 is 19.1 Å². The number of carbonyl (C=O) groups is 1. The number of ether oxygens (including phenoxy) is 3. The fourth-order valence-electron chi connectivity index (χ4n) is 6.62. The largest absolute Gasteiger partial charge is 0.467 e. The first-order valence-corrected chi connectivity index (χ1v) is 16.4. The average molecular weight is 623 g/mol. The molecule has 1 atom stereocenters. The number of carbonyl (C=O) groups excluding carboxylic acids is 1. The van der Waals surface area contributed by atoms with Crippen LogP contribution in [0.25, 0.3) is 28.0 Å². The normalized spacial score (nSPS) is 18.3. The minimum atomic E-state index is -0.960. The van der Waals surface area contributed by atoms with Crippen LogP contribution in [0.2, 0.25) is 0 Å². The van der Waals surface area contributed by atoms with Gasteiger partial charge in [-0.3, -0.25) is 0 Å². The van der Waals surface area contributed by atoms with Gasteiger partial charge in [-0.15, -0.1) is 0 Å². The molecule has 0 spiro atoms. The van der Waals surface area contributed by atoms with Crippen molar-refractivity contribution in [3.05, 3.63) is 83.6 Å². The fraction of sp³-hybridized carbons (Fsp3) is 0.447. The zero-order valence-electron chi connectivity index (χ0n) is 28.0. The summed E-state index contributed by atoms with van der Waals surface area (Å²) in [4.78, 5) is 20.7. The first-order chi connectivity index (χ1) is 22.0. The molecule has 46 heavy (non-hydrogen) atoms. The van der Waals surface area contributed by atoms with Crippen molar-refractivity contribution in [1.29, 1.82) is 0 Å². The third-order valence-corrected chi connectivity index (χ3v) is 9.12. The number of allylic oxidation sites excluding steroid dienone is 1. The maximum atomic E-state index is 13.4. The number of methoxy groups -OCH3 is 1. The molecule has 0 aliphatic carbocycles. The SMILES string of the molecule is COC(=O)[C@@H](OC(C)(C)C)c1c(C)nc2cc3nn2c1N1CCC(C)(CC1)COC/C=C/CCc1ccccc1-c1cccc-3c1. The van der Waals surface area contributed by atoms with Gasteiger partial charge in [0.05, 0.1) is 37.2 Å². The van der Waals surface area contributed by atoms with Gasteiger partial charge in [0.25, 0.3) is 0 Å². The van der Waals surface area contributed by atoms with Crippen LogP contribution in [-0.4, -0.2) is 59.6 Å². The van der Waals surface area contributed by atoms with Gasteiger partial charge in [0, 0.05) is 30.4 Å². The second-order valence-electron chi connectivity index (χ2n) is 13.9. The number of rotatable bonds is 3. The molecular formula is C38H46N4O4. The number of nitrogens with zero attached hydrogens (tertiary/aromatic N) is 4. The molecule has 3 aliphatic heterocycles. The summed E-state index contributed by atoms with van der Waals surface area (Å²) in [6.45, 7) is 13.0. The standard InChI is InChI=1S/C38H46N4O4/c1-26-33(34(36(43)44-6)46-37(2,3)4)35-41-20-18-38(5,19-21-41)25-45-22-11-7-8-13-27-14-9-10-17-30(27)28-15-12-16-29(23-28)31-24-32(39-26)42(35)40-31/h7,9-12,14-17,23-24,34H,8,13,18-22,25H2,1-6H3/b11-7+/t34-/m0/s1. The van der Waals surface area contributed by atoms with E-state index in [1.807, 2.05) is 38.3 Å². The summed E-state index contributed by atoms with van der Waals surface area (Å²) < 4.78 is 19.8. The van der Waals surface area contributed by atoms with Gasteiger partial charge in [0.15, 0.2) is 11.8 Å². The molecule has 8 nitrogen and oxygen atoms in total. The van der Waals surface area contributed by atoms with Crippen molar-refractivity contribution < 1.29 is 19.0 Å². The van der Waals surface area contributed by atoms with Crippen molar-refractivity contribution in [2.75, 3.05) is 38.3 Å². The van der Waals surface area contributed by atoms with E-state index in [0.29, 0.717) is 18.8 Å². The van der Waals surface area contributed by atoms with Crippen LogP contribution in [0.4, 0.5) is 5.82 Å². The maximum absolute atomic E-state index is 13.4. The Bertz CT molecular complexity index is 1740. The van der Waals surface area contributed by atoms with E-state index in [1.54, 1.807) is 0 Å². The lowest BCUT2D eigenvalue weighted by atomic mass is 9.81. The molecule has 5 heterocycles. The molecule has 6 bridgehead atoms. The van der Waals surface area contributed by atoms with Crippen LogP contribution in [-0.2, 0) is 25.4 Å². The predicted octanol–water partition coefficient (Wildman–Crippen LogP) is 7.53. The number of hydrogen-bond acceptors (Lipinski definition) is 7. The van der Waals surface area contributed by atoms with Crippen molar-refractivity contribution in [2.24, 2.45) is 5.41 Å². The van der Waals surface area contributed by atoms with Gasteiger partial charge >= 0.3 is 5.97 Å². The molecule has 242 valence electrons. The summed E-state index contributed by atoms with van der Waals surface area (Å²) in [6, 6.07) is 19.2. The highest BCUT2D eigenvalue weighted by molar-refractivity contribution is 5.81. The molecular weight excluding hydrogens is 576 g/mol. The fourth-order valence-corrected chi connectivity index (χ4v) is 6.62. The Hall–Kier alpha value is -4.01. The first-order valence-electron chi connectivity index (χ1n) is 16.4. The van der Waals surface area contributed by atoms with E-state index in [1.165, 1.54) is 18.2 Å². The van der Waals surface area contributed by atoms with E-state index in [9.17, 15) is 4.79 Å². The van der Waals surface area contributed by atoms with E-state index >= 15 is 0 Å². The summed E-state index contributed by atoms with van der Waals surface area (Å²) in [5.74, 6) is 0.374.